The maximum atomic E-state index is 6.27. The van der Waals surface area contributed by atoms with Gasteiger partial charge in [0.1, 0.15) is 0 Å². The molecule has 2 fully saturated rings. The molecule has 1 N–H and O–H groups in total. The van der Waals surface area contributed by atoms with E-state index in [1.807, 2.05) is 0 Å². The van der Waals surface area contributed by atoms with Gasteiger partial charge in [-0.25, -0.2) is 0 Å². The van der Waals surface area contributed by atoms with Crippen LogP contribution in [0.2, 0.25) is 0 Å². The van der Waals surface area contributed by atoms with Gasteiger partial charge in [-0.1, -0.05) is 30.7 Å². The number of hydrogen-bond donors (Lipinski definition) is 1. The third kappa shape index (κ3) is 2.77. The molecule has 2 aliphatic rings. The third-order valence-corrected chi connectivity index (χ3v) is 5.24. The van der Waals surface area contributed by atoms with Crippen molar-refractivity contribution in [3.63, 3.8) is 0 Å². The van der Waals surface area contributed by atoms with E-state index in [4.69, 9.17) is 4.74 Å². The molecule has 1 aromatic rings. The standard InChI is InChI=1S/C18H27NO/c1-13-6-8-18(9-7-13)12-20-17(11-19-18)16-10-14(2)4-5-15(16)3/h4-5,10,13,17,19H,6-9,11-12H2,1-3H3. The van der Waals surface area contributed by atoms with Crippen LogP contribution in [-0.4, -0.2) is 18.7 Å². The Morgan fingerprint density at radius 3 is 2.60 bits per heavy atom. The van der Waals surface area contributed by atoms with Crippen LogP contribution >= 0.6 is 0 Å². The van der Waals surface area contributed by atoms with Crippen molar-refractivity contribution in [1.29, 1.82) is 0 Å². The lowest BCUT2D eigenvalue weighted by Crippen LogP contribution is -2.56. The Labute approximate surface area is 122 Å². The minimum atomic E-state index is 0.222. The molecule has 3 rings (SSSR count). The molecule has 2 heteroatoms. The van der Waals surface area contributed by atoms with E-state index < -0.39 is 0 Å². The molecule has 1 saturated carbocycles. The first kappa shape index (κ1) is 14.1. The van der Waals surface area contributed by atoms with Crippen LogP contribution in [0.4, 0.5) is 0 Å². The van der Waals surface area contributed by atoms with Gasteiger partial charge in [0.2, 0.25) is 0 Å². The van der Waals surface area contributed by atoms with Crippen molar-refractivity contribution in [2.75, 3.05) is 13.2 Å². The fraction of sp³-hybridized carbons (Fsp3) is 0.667. The van der Waals surface area contributed by atoms with Gasteiger partial charge in [0, 0.05) is 12.1 Å². The maximum Gasteiger partial charge on any atom is 0.0953 e. The van der Waals surface area contributed by atoms with Crippen LogP contribution in [0.15, 0.2) is 18.2 Å². The second-order valence-electron chi connectivity index (χ2n) is 7.00. The molecular formula is C18H27NO. The average Bonchev–Trinajstić information content (AvgIpc) is 2.46. The quantitative estimate of drug-likeness (QED) is 0.837. The normalized spacial score (nSPS) is 34.4. The summed E-state index contributed by atoms with van der Waals surface area (Å²) in [6.45, 7) is 8.54. The zero-order valence-electron chi connectivity index (χ0n) is 13.0. The summed E-state index contributed by atoms with van der Waals surface area (Å²) < 4.78 is 6.27. The predicted molar refractivity (Wildman–Crippen MR) is 83.0 cm³/mol. The lowest BCUT2D eigenvalue weighted by molar-refractivity contribution is -0.0506. The molecule has 1 spiro atoms. The molecule has 1 atom stereocenters. The maximum absolute atomic E-state index is 6.27. The summed E-state index contributed by atoms with van der Waals surface area (Å²) >= 11 is 0. The minimum Gasteiger partial charge on any atom is -0.370 e. The van der Waals surface area contributed by atoms with Crippen LogP contribution in [-0.2, 0) is 4.74 Å². The van der Waals surface area contributed by atoms with Gasteiger partial charge >= 0.3 is 0 Å². The number of aryl methyl sites for hydroxylation is 2. The van der Waals surface area contributed by atoms with Crippen LogP contribution in [0.25, 0.3) is 0 Å². The van der Waals surface area contributed by atoms with Crippen molar-refractivity contribution >= 4 is 0 Å². The van der Waals surface area contributed by atoms with Gasteiger partial charge in [0.25, 0.3) is 0 Å². The van der Waals surface area contributed by atoms with Gasteiger partial charge < -0.3 is 10.1 Å². The number of hydrogen-bond acceptors (Lipinski definition) is 2. The highest BCUT2D eigenvalue weighted by atomic mass is 16.5. The summed E-state index contributed by atoms with van der Waals surface area (Å²) in [6.07, 6.45) is 5.44. The SMILES string of the molecule is Cc1ccc(C)c(C2CNC3(CCC(C)CC3)CO2)c1. The first-order chi connectivity index (χ1) is 9.58. The Bertz CT molecular complexity index is 464. The Morgan fingerprint density at radius 2 is 1.95 bits per heavy atom. The third-order valence-electron chi connectivity index (χ3n) is 5.24. The van der Waals surface area contributed by atoms with Gasteiger partial charge in [-0.3, -0.25) is 0 Å². The van der Waals surface area contributed by atoms with Crippen molar-refractivity contribution in [2.24, 2.45) is 5.92 Å². The van der Waals surface area contributed by atoms with E-state index in [0.29, 0.717) is 0 Å². The van der Waals surface area contributed by atoms with E-state index in [0.717, 1.165) is 19.1 Å². The molecule has 1 aromatic carbocycles. The van der Waals surface area contributed by atoms with E-state index in [1.54, 1.807) is 0 Å². The Hall–Kier alpha value is -0.860. The molecule has 0 aromatic heterocycles. The van der Waals surface area contributed by atoms with Crippen molar-refractivity contribution in [3.05, 3.63) is 34.9 Å². The number of rotatable bonds is 1. The second-order valence-corrected chi connectivity index (χ2v) is 7.00. The summed E-state index contributed by atoms with van der Waals surface area (Å²) in [5.41, 5.74) is 4.29. The Balaban J connectivity index is 1.68. The van der Waals surface area contributed by atoms with Gasteiger partial charge in [-0.15, -0.1) is 0 Å². The first-order valence-corrected chi connectivity index (χ1v) is 8.02. The van der Waals surface area contributed by atoms with Crippen molar-refractivity contribution < 1.29 is 4.74 Å². The topological polar surface area (TPSA) is 21.3 Å². The highest BCUT2D eigenvalue weighted by molar-refractivity contribution is 5.32. The number of nitrogens with one attached hydrogen (secondary N) is 1. The average molecular weight is 273 g/mol. The largest absolute Gasteiger partial charge is 0.370 e. The highest BCUT2D eigenvalue weighted by Crippen LogP contribution is 2.36. The van der Waals surface area contributed by atoms with Crippen LogP contribution < -0.4 is 5.32 Å². The van der Waals surface area contributed by atoms with Gasteiger partial charge in [-0.2, -0.15) is 0 Å². The van der Waals surface area contributed by atoms with Crippen LogP contribution in [0.3, 0.4) is 0 Å². The predicted octanol–water partition coefficient (Wildman–Crippen LogP) is 3.91. The lowest BCUT2D eigenvalue weighted by atomic mass is 9.76. The minimum absolute atomic E-state index is 0.222. The van der Waals surface area contributed by atoms with Crippen molar-refractivity contribution in [3.8, 4) is 0 Å². The van der Waals surface area contributed by atoms with E-state index in [-0.39, 0.29) is 11.6 Å². The zero-order valence-corrected chi connectivity index (χ0v) is 13.0. The summed E-state index contributed by atoms with van der Waals surface area (Å²) in [6, 6.07) is 6.67. The van der Waals surface area contributed by atoms with Crippen molar-refractivity contribution in [2.45, 2.75) is 58.1 Å². The molecule has 1 saturated heterocycles. The Morgan fingerprint density at radius 1 is 1.20 bits per heavy atom. The molecule has 2 nitrogen and oxygen atoms in total. The summed E-state index contributed by atoms with van der Waals surface area (Å²) in [4.78, 5) is 0. The molecule has 1 unspecified atom stereocenters. The van der Waals surface area contributed by atoms with E-state index in [1.165, 1.54) is 42.4 Å². The molecule has 0 bridgehead atoms. The smallest absolute Gasteiger partial charge is 0.0953 e. The molecule has 0 radical (unpaired) electrons. The summed E-state index contributed by atoms with van der Waals surface area (Å²) in [7, 11) is 0. The molecule has 0 amide bonds. The molecule has 110 valence electrons. The first-order valence-electron chi connectivity index (χ1n) is 8.02. The fourth-order valence-electron chi connectivity index (χ4n) is 3.62. The number of benzene rings is 1. The van der Waals surface area contributed by atoms with Crippen LogP contribution in [0, 0.1) is 19.8 Å². The van der Waals surface area contributed by atoms with Crippen molar-refractivity contribution in [1.82, 2.24) is 5.32 Å². The van der Waals surface area contributed by atoms with E-state index in [2.05, 4.69) is 44.3 Å². The Kier molecular flexibility index (Phi) is 3.87. The van der Waals surface area contributed by atoms with Crippen LogP contribution in [0.5, 0.6) is 0 Å². The molecule has 20 heavy (non-hydrogen) atoms. The highest BCUT2D eigenvalue weighted by Gasteiger charge is 2.38. The second kappa shape index (κ2) is 5.50. The fourth-order valence-corrected chi connectivity index (χ4v) is 3.62. The summed E-state index contributed by atoms with van der Waals surface area (Å²) in [5, 5.41) is 3.83. The molecule has 1 aliphatic heterocycles. The van der Waals surface area contributed by atoms with E-state index in [9.17, 15) is 0 Å². The number of ether oxygens (including phenoxy) is 1. The van der Waals surface area contributed by atoms with Crippen LogP contribution in [0.1, 0.15) is 55.4 Å². The molecule has 1 heterocycles. The van der Waals surface area contributed by atoms with Gasteiger partial charge in [0.05, 0.1) is 12.7 Å². The monoisotopic (exact) mass is 273 g/mol. The zero-order chi connectivity index (χ0) is 14.2. The lowest BCUT2D eigenvalue weighted by Gasteiger charge is -2.45. The van der Waals surface area contributed by atoms with Gasteiger partial charge in [-0.05, 0) is 56.6 Å². The number of morpholine rings is 1. The molecular weight excluding hydrogens is 246 g/mol. The molecule has 1 aliphatic carbocycles. The summed E-state index contributed by atoms with van der Waals surface area (Å²) in [5.74, 6) is 0.888. The van der Waals surface area contributed by atoms with E-state index >= 15 is 0 Å². The van der Waals surface area contributed by atoms with Gasteiger partial charge in [0.15, 0.2) is 0 Å².